The molecule has 8 nitrogen and oxygen atoms in total. The molecule has 1 unspecified atom stereocenters. The highest BCUT2D eigenvalue weighted by atomic mass is 16.7. The van der Waals surface area contributed by atoms with Gasteiger partial charge in [-0.05, 0) is 36.4 Å². The van der Waals surface area contributed by atoms with Gasteiger partial charge >= 0.3 is 0 Å². The first-order valence-corrected chi connectivity index (χ1v) is 10.8. The van der Waals surface area contributed by atoms with E-state index in [1.54, 1.807) is 57.7 Å². The van der Waals surface area contributed by atoms with E-state index in [2.05, 4.69) is 0 Å². The second kappa shape index (κ2) is 11.0. The lowest BCUT2D eigenvalue weighted by molar-refractivity contribution is -0.126. The molecule has 34 heavy (non-hydrogen) atoms. The summed E-state index contributed by atoms with van der Waals surface area (Å²) in [5, 5.41) is 10.8. The quantitative estimate of drug-likeness (QED) is 0.482. The van der Waals surface area contributed by atoms with Crippen LogP contribution in [0.5, 0.6) is 34.5 Å². The first-order chi connectivity index (χ1) is 16.6. The Balaban J connectivity index is 1.60. The zero-order chi connectivity index (χ0) is 23.9. The molecule has 4 rings (SSSR count). The van der Waals surface area contributed by atoms with Crippen LogP contribution in [-0.2, 0) is 4.74 Å². The summed E-state index contributed by atoms with van der Waals surface area (Å²) in [6.45, 7) is 0.0863. The lowest BCUT2D eigenvalue weighted by Crippen LogP contribution is -2.43. The Morgan fingerprint density at radius 2 is 1.03 bits per heavy atom. The topological polar surface area (TPSA) is 84.8 Å². The summed E-state index contributed by atoms with van der Waals surface area (Å²) in [6.07, 6.45) is -3.53. The van der Waals surface area contributed by atoms with Gasteiger partial charge in [0, 0.05) is 0 Å². The number of rotatable bonds is 10. The predicted molar refractivity (Wildman–Crippen MR) is 124 cm³/mol. The maximum Gasteiger partial charge on any atom is 0.196 e. The molecule has 8 heteroatoms. The van der Waals surface area contributed by atoms with Crippen molar-refractivity contribution in [2.24, 2.45) is 0 Å². The molecular weight excluding hydrogens is 440 g/mol. The summed E-state index contributed by atoms with van der Waals surface area (Å²) in [5.74, 6) is 3.16. The van der Waals surface area contributed by atoms with E-state index in [0.717, 1.165) is 0 Å². The smallest absolute Gasteiger partial charge is 0.196 e. The molecule has 0 radical (unpaired) electrons. The van der Waals surface area contributed by atoms with Crippen molar-refractivity contribution < 1.29 is 38.3 Å². The molecule has 0 spiro atoms. The van der Waals surface area contributed by atoms with Crippen molar-refractivity contribution in [3.8, 4) is 34.5 Å². The fourth-order valence-electron chi connectivity index (χ4n) is 3.75. The van der Waals surface area contributed by atoms with E-state index in [-0.39, 0.29) is 6.61 Å². The van der Waals surface area contributed by atoms with Gasteiger partial charge in [0.05, 0.1) is 21.3 Å². The highest BCUT2D eigenvalue weighted by Crippen LogP contribution is 2.36. The van der Waals surface area contributed by atoms with Gasteiger partial charge < -0.3 is 38.3 Å². The summed E-state index contributed by atoms with van der Waals surface area (Å²) >= 11 is 0. The molecule has 3 aromatic rings. The average molecular weight is 469 g/mol. The van der Waals surface area contributed by atoms with E-state index in [4.69, 9.17) is 33.2 Å². The molecule has 0 aliphatic carbocycles. The third kappa shape index (κ3) is 5.13. The van der Waals surface area contributed by atoms with Gasteiger partial charge in [0.2, 0.25) is 0 Å². The zero-order valence-electron chi connectivity index (χ0n) is 19.2. The summed E-state index contributed by atoms with van der Waals surface area (Å²) in [4.78, 5) is 0. The van der Waals surface area contributed by atoms with Crippen molar-refractivity contribution in [2.75, 3.05) is 27.9 Å². The largest absolute Gasteiger partial charge is 0.493 e. The third-order valence-corrected chi connectivity index (χ3v) is 5.42. The first kappa shape index (κ1) is 23.5. The number of benzene rings is 3. The van der Waals surface area contributed by atoms with Crippen molar-refractivity contribution in [3.05, 3.63) is 72.8 Å². The molecule has 180 valence electrons. The Morgan fingerprint density at radius 3 is 1.53 bits per heavy atom. The van der Waals surface area contributed by atoms with Gasteiger partial charge in [-0.15, -0.1) is 0 Å². The number of para-hydroxylation sites is 6. The molecule has 1 heterocycles. The van der Waals surface area contributed by atoms with Gasteiger partial charge in [-0.2, -0.15) is 0 Å². The highest BCUT2D eigenvalue weighted by Gasteiger charge is 2.48. The second-order valence-electron chi connectivity index (χ2n) is 7.49. The molecule has 1 aliphatic rings. The normalized spacial score (nSPS) is 21.5. The maximum absolute atomic E-state index is 10.8. The zero-order valence-corrected chi connectivity index (χ0v) is 19.2. The number of methoxy groups -OCH3 is 3. The second-order valence-corrected chi connectivity index (χ2v) is 7.49. The molecular formula is C26H28O8. The molecule has 0 amide bonds. The number of hydrogen-bond donors (Lipinski definition) is 1. The summed E-state index contributed by atoms with van der Waals surface area (Å²) < 4.78 is 40.4. The van der Waals surface area contributed by atoms with Crippen molar-refractivity contribution >= 4 is 0 Å². The van der Waals surface area contributed by atoms with Crippen LogP contribution in [-0.4, -0.2) is 57.6 Å². The van der Waals surface area contributed by atoms with Crippen LogP contribution in [0.15, 0.2) is 72.8 Å². The van der Waals surface area contributed by atoms with Gasteiger partial charge in [0.15, 0.2) is 53.0 Å². The summed E-state index contributed by atoms with van der Waals surface area (Å²) in [7, 11) is 4.69. The fraction of sp³-hybridized carbons (Fsp3) is 0.308. The number of ether oxygens (including phenoxy) is 7. The van der Waals surface area contributed by atoms with Crippen molar-refractivity contribution in [1.82, 2.24) is 0 Å². The van der Waals surface area contributed by atoms with Crippen LogP contribution in [0.3, 0.4) is 0 Å². The molecule has 1 fully saturated rings. The number of hydrogen-bond acceptors (Lipinski definition) is 8. The first-order valence-electron chi connectivity index (χ1n) is 10.8. The van der Waals surface area contributed by atoms with Gasteiger partial charge in [-0.1, -0.05) is 36.4 Å². The predicted octanol–water partition coefficient (Wildman–Crippen LogP) is 3.70. The Kier molecular flexibility index (Phi) is 7.61. The van der Waals surface area contributed by atoms with Crippen molar-refractivity contribution in [2.45, 2.75) is 24.6 Å². The SMILES string of the molecule is COc1ccccc1OCC1O[C@@H](O)[C@H](Oc2ccccc2OC)[C@@H]1Oc1ccccc1OC. The lowest BCUT2D eigenvalue weighted by Gasteiger charge is -2.26. The van der Waals surface area contributed by atoms with Gasteiger partial charge in [-0.3, -0.25) is 0 Å². The molecule has 1 N–H and O–H groups in total. The monoisotopic (exact) mass is 468 g/mol. The lowest BCUT2D eigenvalue weighted by atomic mass is 10.1. The van der Waals surface area contributed by atoms with Gasteiger partial charge in [-0.25, -0.2) is 0 Å². The molecule has 3 aromatic carbocycles. The van der Waals surface area contributed by atoms with Gasteiger partial charge in [0.25, 0.3) is 0 Å². The molecule has 1 saturated heterocycles. The molecule has 4 atom stereocenters. The molecule has 0 saturated carbocycles. The minimum Gasteiger partial charge on any atom is -0.493 e. The maximum atomic E-state index is 10.8. The number of aliphatic hydroxyl groups excluding tert-OH is 1. The van der Waals surface area contributed by atoms with E-state index in [1.807, 2.05) is 36.4 Å². The molecule has 1 aliphatic heterocycles. The third-order valence-electron chi connectivity index (χ3n) is 5.42. The van der Waals surface area contributed by atoms with Crippen molar-refractivity contribution in [1.29, 1.82) is 0 Å². The van der Waals surface area contributed by atoms with Crippen LogP contribution >= 0.6 is 0 Å². The standard InChI is InChI=1S/C26H28O8/c1-28-17-10-4-7-13-20(17)31-16-23-24(32-21-14-8-5-11-18(21)29-2)25(26(27)34-23)33-22-15-9-6-12-19(22)30-3/h4-15,23-27H,16H2,1-3H3/t23?,24-,25-,26-/m1/s1. The average Bonchev–Trinajstić information content (AvgIpc) is 3.17. The van der Waals surface area contributed by atoms with Gasteiger partial charge in [0.1, 0.15) is 12.7 Å². The van der Waals surface area contributed by atoms with Crippen LogP contribution in [0, 0.1) is 0 Å². The summed E-state index contributed by atoms with van der Waals surface area (Å²) in [6, 6.07) is 21.7. The van der Waals surface area contributed by atoms with Crippen LogP contribution < -0.4 is 28.4 Å². The van der Waals surface area contributed by atoms with Crippen LogP contribution in [0.2, 0.25) is 0 Å². The van der Waals surface area contributed by atoms with Crippen molar-refractivity contribution in [3.63, 3.8) is 0 Å². The van der Waals surface area contributed by atoms with E-state index < -0.39 is 24.6 Å². The van der Waals surface area contributed by atoms with E-state index in [0.29, 0.717) is 34.5 Å². The Labute approximate surface area is 198 Å². The fourth-order valence-corrected chi connectivity index (χ4v) is 3.75. The van der Waals surface area contributed by atoms with Crippen LogP contribution in [0.25, 0.3) is 0 Å². The number of aliphatic hydroxyl groups is 1. The summed E-state index contributed by atoms with van der Waals surface area (Å²) in [5.41, 5.74) is 0. The molecule has 0 bridgehead atoms. The Hall–Kier alpha value is -3.62. The Morgan fingerprint density at radius 1 is 0.618 bits per heavy atom. The van der Waals surface area contributed by atoms with E-state index in [1.165, 1.54) is 0 Å². The van der Waals surface area contributed by atoms with E-state index >= 15 is 0 Å². The molecule has 0 aromatic heterocycles. The Bertz CT molecular complexity index is 1070. The minimum absolute atomic E-state index is 0.0863. The van der Waals surface area contributed by atoms with E-state index in [9.17, 15) is 5.11 Å². The van der Waals surface area contributed by atoms with Crippen LogP contribution in [0.4, 0.5) is 0 Å². The minimum atomic E-state index is -1.27. The highest BCUT2D eigenvalue weighted by molar-refractivity contribution is 5.41. The van der Waals surface area contributed by atoms with Crippen LogP contribution in [0.1, 0.15) is 0 Å².